The van der Waals surface area contributed by atoms with Gasteiger partial charge in [0.05, 0.1) is 30.4 Å². The SMILES string of the molecule is COc1ccc2ncc(F)c(CC[C@H]3CC[C@@H](N=[N+]=[N-])CN3C(=O)OC(C)(C)C)c2n1. The zero-order chi connectivity index (χ0) is 22.6. The predicted molar refractivity (Wildman–Crippen MR) is 113 cm³/mol. The van der Waals surface area contributed by atoms with Crippen molar-refractivity contribution in [3.63, 3.8) is 0 Å². The van der Waals surface area contributed by atoms with Crippen LogP contribution < -0.4 is 4.74 Å². The zero-order valence-electron chi connectivity index (χ0n) is 18.2. The Morgan fingerprint density at radius 3 is 2.84 bits per heavy atom. The lowest BCUT2D eigenvalue weighted by atomic mass is 9.93. The van der Waals surface area contributed by atoms with Crippen molar-refractivity contribution >= 4 is 17.1 Å². The number of fused-ring (bicyclic) bond motifs is 1. The lowest BCUT2D eigenvalue weighted by Gasteiger charge is -2.39. The van der Waals surface area contributed by atoms with Crippen molar-refractivity contribution in [1.82, 2.24) is 14.9 Å². The van der Waals surface area contributed by atoms with Crippen molar-refractivity contribution in [2.24, 2.45) is 5.11 Å². The van der Waals surface area contributed by atoms with Crippen molar-refractivity contribution < 1.29 is 18.7 Å². The summed E-state index contributed by atoms with van der Waals surface area (Å²) in [5, 5.41) is 3.78. The second kappa shape index (κ2) is 9.34. The minimum Gasteiger partial charge on any atom is -0.481 e. The average Bonchev–Trinajstić information content (AvgIpc) is 2.72. The Bertz CT molecular complexity index is 1000. The number of amides is 1. The molecule has 2 aromatic rings. The molecule has 0 spiro atoms. The molecule has 1 fully saturated rings. The number of carbonyl (C=O) groups is 1. The smallest absolute Gasteiger partial charge is 0.410 e. The van der Waals surface area contributed by atoms with Crippen LogP contribution in [0.2, 0.25) is 0 Å². The fourth-order valence-corrected chi connectivity index (χ4v) is 3.76. The number of piperidine rings is 1. The van der Waals surface area contributed by atoms with E-state index in [9.17, 15) is 9.18 Å². The molecule has 3 heterocycles. The van der Waals surface area contributed by atoms with Crippen LogP contribution in [0.25, 0.3) is 21.5 Å². The molecule has 0 saturated carbocycles. The van der Waals surface area contributed by atoms with Gasteiger partial charge >= 0.3 is 6.09 Å². The first-order valence-corrected chi connectivity index (χ1v) is 10.2. The van der Waals surface area contributed by atoms with Crippen molar-refractivity contribution in [2.75, 3.05) is 13.7 Å². The van der Waals surface area contributed by atoms with Crippen molar-refractivity contribution in [1.29, 1.82) is 0 Å². The molecule has 1 aliphatic rings. The van der Waals surface area contributed by atoms with Gasteiger partial charge in [0, 0.05) is 29.1 Å². The van der Waals surface area contributed by atoms with Crippen LogP contribution in [-0.4, -0.2) is 52.3 Å². The number of hydrogen-bond donors (Lipinski definition) is 0. The van der Waals surface area contributed by atoms with Gasteiger partial charge in [0.25, 0.3) is 0 Å². The third-order valence-corrected chi connectivity index (χ3v) is 5.20. The molecule has 9 nitrogen and oxygen atoms in total. The number of rotatable bonds is 5. The molecule has 166 valence electrons. The standard InChI is InChI=1S/C21H27FN6O3/c1-21(2,3)31-20(29)28-12-13(26-27-23)5-6-14(28)7-8-15-16(22)11-24-17-9-10-18(30-4)25-19(15)17/h9-11,13-14H,5-8,12H2,1-4H3/t13-,14-/m1/s1. The van der Waals surface area contributed by atoms with Crippen LogP contribution in [0.15, 0.2) is 23.4 Å². The molecule has 1 saturated heterocycles. The first-order chi connectivity index (χ1) is 14.7. The number of methoxy groups -OCH3 is 1. The van der Waals surface area contributed by atoms with Gasteiger partial charge in [-0.15, -0.1) is 0 Å². The van der Waals surface area contributed by atoms with E-state index >= 15 is 0 Å². The third-order valence-electron chi connectivity index (χ3n) is 5.20. The van der Waals surface area contributed by atoms with Crippen LogP contribution in [0.4, 0.5) is 9.18 Å². The van der Waals surface area contributed by atoms with Gasteiger partial charge < -0.3 is 14.4 Å². The molecule has 0 N–H and O–H groups in total. The summed E-state index contributed by atoms with van der Waals surface area (Å²) in [7, 11) is 1.50. The number of aryl methyl sites for hydroxylation is 1. The van der Waals surface area contributed by atoms with E-state index < -0.39 is 17.5 Å². The molecular weight excluding hydrogens is 403 g/mol. The molecule has 0 bridgehead atoms. The molecular formula is C21H27FN6O3. The number of hydrogen-bond acceptors (Lipinski definition) is 6. The number of likely N-dealkylation sites (tertiary alicyclic amines) is 1. The zero-order valence-corrected chi connectivity index (χ0v) is 18.2. The van der Waals surface area contributed by atoms with E-state index in [1.54, 1.807) is 37.8 Å². The van der Waals surface area contributed by atoms with Crippen molar-refractivity contribution in [3.8, 4) is 5.88 Å². The lowest BCUT2D eigenvalue weighted by Crippen LogP contribution is -2.50. The Morgan fingerprint density at radius 1 is 1.39 bits per heavy atom. The monoisotopic (exact) mass is 430 g/mol. The number of carbonyl (C=O) groups excluding carboxylic acids is 1. The van der Waals surface area contributed by atoms with Crippen LogP contribution in [0, 0.1) is 5.82 Å². The Balaban J connectivity index is 1.84. The summed E-state index contributed by atoms with van der Waals surface area (Å²) >= 11 is 0. The fraction of sp³-hybridized carbons (Fsp3) is 0.571. The van der Waals surface area contributed by atoms with Gasteiger partial charge in [-0.2, -0.15) is 0 Å². The number of azide groups is 1. The maximum absolute atomic E-state index is 14.6. The predicted octanol–water partition coefficient (Wildman–Crippen LogP) is 4.79. The highest BCUT2D eigenvalue weighted by Crippen LogP contribution is 2.28. The van der Waals surface area contributed by atoms with Crippen molar-refractivity contribution in [3.05, 3.63) is 40.2 Å². The number of pyridine rings is 2. The third kappa shape index (κ3) is 5.52. The first-order valence-electron chi connectivity index (χ1n) is 10.2. The van der Waals surface area contributed by atoms with Gasteiger partial charge in [-0.3, -0.25) is 4.98 Å². The highest BCUT2D eigenvalue weighted by Gasteiger charge is 2.34. The molecule has 1 aliphatic heterocycles. The molecule has 3 rings (SSSR count). The molecule has 0 aromatic carbocycles. The molecule has 0 aliphatic carbocycles. The Labute approximate surface area is 180 Å². The van der Waals surface area contributed by atoms with E-state index in [1.165, 1.54) is 13.3 Å². The minimum absolute atomic E-state index is 0.173. The maximum Gasteiger partial charge on any atom is 0.410 e. The normalized spacial score (nSPS) is 19.1. The molecule has 2 aromatic heterocycles. The summed E-state index contributed by atoms with van der Waals surface area (Å²) < 4.78 is 25.4. The summed E-state index contributed by atoms with van der Waals surface area (Å²) in [5.74, 6) is -0.0637. The summed E-state index contributed by atoms with van der Waals surface area (Å²) in [6.45, 7) is 5.67. The van der Waals surface area contributed by atoms with E-state index in [-0.39, 0.29) is 18.6 Å². The van der Waals surface area contributed by atoms with E-state index in [0.29, 0.717) is 48.2 Å². The van der Waals surface area contributed by atoms with Crippen LogP contribution in [0.5, 0.6) is 5.88 Å². The van der Waals surface area contributed by atoms with E-state index in [0.717, 1.165) is 0 Å². The quantitative estimate of drug-likeness (QED) is 0.384. The van der Waals surface area contributed by atoms with Crippen LogP contribution in [0.1, 0.15) is 45.6 Å². The first kappa shape index (κ1) is 22.6. The van der Waals surface area contributed by atoms with Crippen LogP contribution >= 0.6 is 0 Å². The van der Waals surface area contributed by atoms with Crippen molar-refractivity contribution in [2.45, 2.75) is 64.1 Å². The Kier molecular flexibility index (Phi) is 6.80. The summed E-state index contributed by atoms with van der Waals surface area (Å²) in [6, 6.07) is 2.94. The Morgan fingerprint density at radius 2 is 2.16 bits per heavy atom. The molecule has 0 unspecified atom stereocenters. The number of aromatic nitrogens is 2. The minimum atomic E-state index is -0.652. The molecule has 10 heteroatoms. The van der Waals surface area contributed by atoms with E-state index in [4.69, 9.17) is 15.0 Å². The highest BCUT2D eigenvalue weighted by atomic mass is 19.1. The van der Waals surface area contributed by atoms with Gasteiger partial charge in [-0.25, -0.2) is 14.2 Å². The summed E-state index contributed by atoms with van der Waals surface area (Å²) in [4.78, 5) is 25.8. The van der Waals surface area contributed by atoms with Gasteiger partial charge in [-0.05, 0) is 58.1 Å². The topological polar surface area (TPSA) is 113 Å². The van der Waals surface area contributed by atoms with Gasteiger partial charge in [0.2, 0.25) is 5.88 Å². The second-order valence-corrected chi connectivity index (χ2v) is 8.57. The molecule has 1 amide bonds. The highest BCUT2D eigenvalue weighted by molar-refractivity contribution is 5.78. The Hall–Kier alpha value is -3.13. The van der Waals surface area contributed by atoms with E-state index in [1.807, 2.05) is 0 Å². The van der Waals surface area contributed by atoms with Crippen LogP contribution in [0.3, 0.4) is 0 Å². The number of ether oxygens (including phenoxy) is 2. The number of halogens is 1. The second-order valence-electron chi connectivity index (χ2n) is 8.57. The number of nitrogens with zero attached hydrogens (tertiary/aromatic N) is 6. The van der Waals surface area contributed by atoms with Crippen LogP contribution in [-0.2, 0) is 11.2 Å². The molecule has 0 radical (unpaired) electrons. The van der Waals surface area contributed by atoms with Gasteiger partial charge in [-0.1, -0.05) is 5.11 Å². The van der Waals surface area contributed by atoms with E-state index in [2.05, 4.69) is 20.0 Å². The maximum atomic E-state index is 14.6. The average molecular weight is 430 g/mol. The molecule has 31 heavy (non-hydrogen) atoms. The summed E-state index contributed by atoms with van der Waals surface area (Å²) in [6.07, 6.45) is 2.88. The fourth-order valence-electron chi connectivity index (χ4n) is 3.76. The van der Waals surface area contributed by atoms with Gasteiger partial charge in [0.1, 0.15) is 11.4 Å². The largest absolute Gasteiger partial charge is 0.481 e. The van der Waals surface area contributed by atoms with Gasteiger partial charge in [0.15, 0.2) is 0 Å². The lowest BCUT2D eigenvalue weighted by molar-refractivity contribution is 0.00672. The molecule has 2 atom stereocenters. The summed E-state index contributed by atoms with van der Waals surface area (Å²) in [5.41, 5.74) is 9.59.